The van der Waals surface area contributed by atoms with Crippen LogP contribution in [0.2, 0.25) is 5.02 Å². The van der Waals surface area contributed by atoms with Crippen molar-refractivity contribution >= 4 is 33.4 Å². The number of hydrogen-bond donors (Lipinski definition) is 1. The van der Waals surface area contributed by atoms with E-state index in [0.29, 0.717) is 0 Å². The number of H-pyrrole nitrogens is 1. The van der Waals surface area contributed by atoms with Crippen LogP contribution < -0.4 is 0 Å². The minimum Gasteiger partial charge on any atom is -0.354 e. The van der Waals surface area contributed by atoms with Crippen molar-refractivity contribution in [3.8, 4) is 0 Å². The molecule has 3 rings (SSSR count). The van der Waals surface area contributed by atoms with Crippen LogP contribution >= 0.6 is 11.6 Å². The Morgan fingerprint density at radius 1 is 1.05 bits per heavy atom. The summed E-state index contributed by atoms with van der Waals surface area (Å²) in [5.41, 5.74) is 3.86. The van der Waals surface area contributed by atoms with Crippen LogP contribution in [0, 0.1) is 0 Å². The quantitative estimate of drug-likeness (QED) is 0.585. The van der Waals surface area contributed by atoms with Gasteiger partial charge in [0, 0.05) is 26.8 Å². The van der Waals surface area contributed by atoms with Gasteiger partial charge < -0.3 is 4.98 Å². The molecule has 0 amide bonds. The Labute approximate surface area is 118 Å². The van der Waals surface area contributed by atoms with Gasteiger partial charge >= 0.3 is 0 Å². The highest BCUT2D eigenvalue weighted by Crippen LogP contribution is 2.30. The van der Waals surface area contributed by atoms with Crippen molar-refractivity contribution in [3.05, 3.63) is 47.0 Å². The first kappa shape index (κ1) is 12.6. The molecule has 2 heteroatoms. The van der Waals surface area contributed by atoms with E-state index in [9.17, 15) is 0 Å². The third-order valence-electron chi connectivity index (χ3n) is 3.73. The average Bonchev–Trinajstić information content (AvgIpc) is 2.78. The predicted molar refractivity (Wildman–Crippen MR) is 84.0 cm³/mol. The summed E-state index contributed by atoms with van der Waals surface area (Å²) in [5, 5.41) is 3.30. The normalized spacial score (nSPS) is 11.5. The van der Waals surface area contributed by atoms with Gasteiger partial charge in [0.1, 0.15) is 0 Å². The fourth-order valence-electron chi connectivity index (χ4n) is 2.73. The van der Waals surface area contributed by atoms with Gasteiger partial charge in [-0.05, 0) is 36.6 Å². The molecular formula is C17H18ClN. The summed E-state index contributed by atoms with van der Waals surface area (Å²) in [7, 11) is 0. The van der Waals surface area contributed by atoms with Crippen molar-refractivity contribution in [3.63, 3.8) is 0 Å². The molecule has 1 N–H and O–H groups in total. The molecule has 98 valence electrons. The van der Waals surface area contributed by atoms with Crippen LogP contribution in [-0.4, -0.2) is 4.98 Å². The molecule has 0 aliphatic rings. The molecule has 2 aromatic carbocycles. The summed E-state index contributed by atoms with van der Waals surface area (Å²) in [6, 6.07) is 12.6. The number of aromatic amines is 1. The molecule has 3 aromatic rings. The van der Waals surface area contributed by atoms with Crippen molar-refractivity contribution in [2.45, 2.75) is 32.6 Å². The molecule has 1 heterocycles. The lowest BCUT2D eigenvalue weighted by Crippen LogP contribution is -1.87. The second-order valence-electron chi connectivity index (χ2n) is 5.11. The standard InChI is InChI=1S/C17H18ClN/c1-2-3-4-6-12-7-5-8-14-15-11-13(18)9-10-16(15)19-17(12)14/h5,7-11,19H,2-4,6H2,1H3. The topological polar surface area (TPSA) is 15.8 Å². The SMILES string of the molecule is CCCCCc1cccc2c1[nH]c1ccc(Cl)cc12. The molecule has 1 aromatic heterocycles. The van der Waals surface area contributed by atoms with Crippen molar-refractivity contribution in [2.24, 2.45) is 0 Å². The highest BCUT2D eigenvalue weighted by Gasteiger charge is 2.08. The predicted octanol–water partition coefficient (Wildman–Crippen LogP) is 5.71. The lowest BCUT2D eigenvalue weighted by molar-refractivity contribution is 0.719. The van der Waals surface area contributed by atoms with E-state index in [2.05, 4.69) is 36.2 Å². The zero-order valence-electron chi connectivity index (χ0n) is 11.2. The lowest BCUT2D eigenvalue weighted by Gasteiger charge is -2.02. The van der Waals surface area contributed by atoms with E-state index in [-0.39, 0.29) is 0 Å². The Morgan fingerprint density at radius 3 is 2.79 bits per heavy atom. The van der Waals surface area contributed by atoms with Crippen LogP contribution in [0.1, 0.15) is 31.7 Å². The number of fused-ring (bicyclic) bond motifs is 3. The second kappa shape index (κ2) is 5.26. The smallest absolute Gasteiger partial charge is 0.0497 e. The first-order valence-electron chi connectivity index (χ1n) is 6.98. The highest BCUT2D eigenvalue weighted by atomic mass is 35.5. The van der Waals surface area contributed by atoms with E-state index < -0.39 is 0 Å². The summed E-state index contributed by atoms with van der Waals surface area (Å²) in [4.78, 5) is 3.54. The first-order valence-corrected chi connectivity index (χ1v) is 7.36. The number of benzene rings is 2. The molecular weight excluding hydrogens is 254 g/mol. The maximum Gasteiger partial charge on any atom is 0.0497 e. The Morgan fingerprint density at radius 2 is 1.95 bits per heavy atom. The molecule has 19 heavy (non-hydrogen) atoms. The zero-order valence-corrected chi connectivity index (χ0v) is 11.9. The number of halogens is 1. The highest BCUT2D eigenvalue weighted by molar-refractivity contribution is 6.31. The van der Waals surface area contributed by atoms with Gasteiger partial charge in [0.05, 0.1) is 0 Å². The number of rotatable bonds is 4. The van der Waals surface area contributed by atoms with Crippen molar-refractivity contribution in [2.75, 3.05) is 0 Å². The maximum absolute atomic E-state index is 6.10. The number of aromatic nitrogens is 1. The molecule has 0 spiro atoms. The summed E-state index contributed by atoms with van der Waals surface area (Å²) >= 11 is 6.10. The summed E-state index contributed by atoms with van der Waals surface area (Å²) in [6.07, 6.45) is 4.96. The molecule has 0 saturated carbocycles. The van der Waals surface area contributed by atoms with Crippen molar-refractivity contribution in [1.82, 2.24) is 4.98 Å². The van der Waals surface area contributed by atoms with E-state index in [1.807, 2.05) is 12.1 Å². The third-order valence-corrected chi connectivity index (χ3v) is 3.97. The van der Waals surface area contributed by atoms with Crippen molar-refractivity contribution in [1.29, 1.82) is 0 Å². The Bertz CT molecular complexity index is 712. The molecule has 0 radical (unpaired) electrons. The van der Waals surface area contributed by atoms with Gasteiger partial charge in [0.25, 0.3) is 0 Å². The van der Waals surface area contributed by atoms with Gasteiger partial charge in [-0.25, -0.2) is 0 Å². The Hall–Kier alpha value is -1.47. The van der Waals surface area contributed by atoms with Crippen molar-refractivity contribution < 1.29 is 0 Å². The monoisotopic (exact) mass is 271 g/mol. The van der Waals surface area contributed by atoms with Crippen LogP contribution in [0.15, 0.2) is 36.4 Å². The summed E-state index contributed by atoms with van der Waals surface area (Å²) < 4.78 is 0. The van der Waals surface area contributed by atoms with E-state index in [1.54, 1.807) is 0 Å². The maximum atomic E-state index is 6.10. The fraction of sp³-hybridized carbons (Fsp3) is 0.294. The minimum absolute atomic E-state index is 0.796. The Balaban J connectivity index is 2.12. The molecule has 0 atom stereocenters. The number of nitrogens with one attached hydrogen (secondary N) is 1. The van der Waals surface area contributed by atoms with E-state index in [0.717, 1.165) is 11.4 Å². The third kappa shape index (κ3) is 2.35. The van der Waals surface area contributed by atoms with Crippen LogP contribution in [0.3, 0.4) is 0 Å². The van der Waals surface area contributed by atoms with Gasteiger partial charge in [-0.3, -0.25) is 0 Å². The minimum atomic E-state index is 0.796. The van der Waals surface area contributed by atoms with Crippen LogP contribution in [0.25, 0.3) is 21.8 Å². The largest absolute Gasteiger partial charge is 0.354 e. The molecule has 0 fully saturated rings. The van der Waals surface area contributed by atoms with Gasteiger partial charge in [0.15, 0.2) is 0 Å². The number of para-hydroxylation sites is 1. The molecule has 0 bridgehead atoms. The van der Waals surface area contributed by atoms with Gasteiger partial charge in [-0.15, -0.1) is 0 Å². The van der Waals surface area contributed by atoms with Gasteiger partial charge in [0.2, 0.25) is 0 Å². The van der Waals surface area contributed by atoms with Crippen LogP contribution in [0.4, 0.5) is 0 Å². The van der Waals surface area contributed by atoms with Crippen LogP contribution in [-0.2, 0) is 6.42 Å². The Kier molecular flexibility index (Phi) is 3.48. The van der Waals surface area contributed by atoms with Crippen LogP contribution in [0.5, 0.6) is 0 Å². The van der Waals surface area contributed by atoms with Gasteiger partial charge in [-0.2, -0.15) is 0 Å². The molecule has 1 nitrogen and oxygen atoms in total. The second-order valence-corrected chi connectivity index (χ2v) is 5.55. The summed E-state index contributed by atoms with van der Waals surface area (Å²) in [5.74, 6) is 0. The first-order chi connectivity index (χ1) is 9.29. The molecule has 0 saturated heterocycles. The lowest BCUT2D eigenvalue weighted by atomic mass is 10.0. The number of aryl methyl sites for hydroxylation is 1. The molecule has 0 unspecified atom stereocenters. The van der Waals surface area contributed by atoms with E-state index in [4.69, 9.17) is 11.6 Å². The van der Waals surface area contributed by atoms with E-state index >= 15 is 0 Å². The summed E-state index contributed by atoms with van der Waals surface area (Å²) in [6.45, 7) is 2.24. The molecule has 0 aliphatic carbocycles. The zero-order chi connectivity index (χ0) is 13.2. The average molecular weight is 272 g/mol. The van der Waals surface area contributed by atoms with Gasteiger partial charge in [-0.1, -0.05) is 49.6 Å². The number of unbranched alkanes of at least 4 members (excludes halogenated alkanes) is 2. The fourth-order valence-corrected chi connectivity index (χ4v) is 2.90. The van der Waals surface area contributed by atoms with E-state index in [1.165, 1.54) is 46.6 Å². The molecule has 0 aliphatic heterocycles. The number of hydrogen-bond acceptors (Lipinski definition) is 0.